The Morgan fingerprint density at radius 1 is 1.00 bits per heavy atom. The number of hydrogen-bond acceptors (Lipinski definition) is 2. The van der Waals surface area contributed by atoms with E-state index in [0.717, 1.165) is 24.2 Å². The third kappa shape index (κ3) is 4.54. The average Bonchev–Trinajstić information content (AvgIpc) is 2.45. The molecule has 0 bridgehead atoms. The summed E-state index contributed by atoms with van der Waals surface area (Å²) >= 11 is 0. The Morgan fingerprint density at radius 2 is 1.68 bits per heavy atom. The van der Waals surface area contributed by atoms with E-state index < -0.39 is 0 Å². The minimum absolute atomic E-state index is 0.633. The van der Waals surface area contributed by atoms with Crippen LogP contribution in [-0.2, 0) is 4.74 Å². The van der Waals surface area contributed by atoms with Gasteiger partial charge in [0.1, 0.15) is 12.4 Å². The number of ether oxygens (including phenoxy) is 2. The molecule has 0 spiro atoms. The smallest absolute Gasteiger partial charge is 0.119 e. The van der Waals surface area contributed by atoms with Crippen molar-refractivity contribution in [3.63, 3.8) is 0 Å². The second-order valence-corrected chi connectivity index (χ2v) is 5.57. The fraction of sp³-hybridized carbons (Fsp3) is 0.647. The van der Waals surface area contributed by atoms with Crippen LogP contribution in [0.4, 0.5) is 0 Å². The first-order valence-corrected chi connectivity index (χ1v) is 7.60. The van der Waals surface area contributed by atoms with E-state index in [9.17, 15) is 0 Å². The molecular weight excluding hydrogens is 236 g/mol. The molecule has 106 valence electrons. The first-order chi connectivity index (χ1) is 9.29. The zero-order valence-corrected chi connectivity index (χ0v) is 12.2. The molecule has 0 amide bonds. The highest BCUT2D eigenvalue weighted by Crippen LogP contribution is 2.35. The molecule has 19 heavy (non-hydrogen) atoms. The van der Waals surface area contributed by atoms with Gasteiger partial charge in [-0.2, -0.15) is 0 Å². The SMILES string of the molecule is CCOCCOc1ccc(C2CCC(C)CC2)cc1. The molecular formula is C17H26O2. The van der Waals surface area contributed by atoms with Gasteiger partial charge in [-0.15, -0.1) is 0 Å². The summed E-state index contributed by atoms with van der Waals surface area (Å²) in [5, 5.41) is 0. The van der Waals surface area contributed by atoms with Crippen molar-refractivity contribution in [2.75, 3.05) is 19.8 Å². The molecule has 1 saturated carbocycles. The van der Waals surface area contributed by atoms with Crippen LogP contribution in [0.3, 0.4) is 0 Å². The lowest BCUT2D eigenvalue weighted by molar-refractivity contribution is 0.110. The van der Waals surface area contributed by atoms with Gasteiger partial charge in [0.05, 0.1) is 6.61 Å². The summed E-state index contributed by atoms with van der Waals surface area (Å²) in [5.74, 6) is 2.62. The van der Waals surface area contributed by atoms with Gasteiger partial charge in [0, 0.05) is 6.61 Å². The normalized spacial score (nSPS) is 23.3. The summed E-state index contributed by atoms with van der Waals surface area (Å²) < 4.78 is 10.9. The van der Waals surface area contributed by atoms with Crippen molar-refractivity contribution in [2.45, 2.75) is 45.4 Å². The highest BCUT2D eigenvalue weighted by atomic mass is 16.5. The van der Waals surface area contributed by atoms with Gasteiger partial charge in [-0.3, -0.25) is 0 Å². The van der Waals surface area contributed by atoms with Gasteiger partial charge in [-0.1, -0.05) is 31.9 Å². The standard InChI is InChI=1S/C17H26O2/c1-3-18-12-13-19-17-10-8-16(9-11-17)15-6-4-14(2)5-7-15/h8-11,14-15H,3-7,12-13H2,1-2H3. The van der Waals surface area contributed by atoms with Crippen molar-refractivity contribution in [2.24, 2.45) is 5.92 Å². The van der Waals surface area contributed by atoms with Crippen molar-refractivity contribution in [1.29, 1.82) is 0 Å². The topological polar surface area (TPSA) is 18.5 Å². The Morgan fingerprint density at radius 3 is 2.32 bits per heavy atom. The molecule has 0 atom stereocenters. The van der Waals surface area contributed by atoms with Crippen LogP contribution < -0.4 is 4.74 Å². The molecule has 1 aliphatic rings. The predicted molar refractivity (Wildman–Crippen MR) is 78.8 cm³/mol. The maximum atomic E-state index is 5.64. The molecule has 1 aliphatic carbocycles. The van der Waals surface area contributed by atoms with Gasteiger partial charge in [-0.25, -0.2) is 0 Å². The van der Waals surface area contributed by atoms with Crippen LogP contribution in [0.15, 0.2) is 24.3 Å². The van der Waals surface area contributed by atoms with E-state index in [4.69, 9.17) is 9.47 Å². The maximum absolute atomic E-state index is 5.64. The zero-order valence-electron chi connectivity index (χ0n) is 12.2. The van der Waals surface area contributed by atoms with Crippen molar-refractivity contribution in [3.8, 4) is 5.75 Å². The molecule has 0 radical (unpaired) electrons. The molecule has 0 saturated heterocycles. The second kappa shape index (κ2) is 7.54. The minimum atomic E-state index is 0.633. The zero-order chi connectivity index (χ0) is 13.5. The van der Waals surface area contributed by atoms with E-state index in [1.165, 1.54) is 31.2 Å². The lowest BCUT2D eigenvalue weighted by Gasteiger charge is -2.26. The summed E-state index contributed by atoms with van der Waals surface area (Å²) in [6.07, 6.45) is 5.42. The van der Waals surface area contributed by atoms with Crippen LogP contribution in [-0.4, -0.2) is 19.8 Å². The summed E-state index contributed by atoms with van der Waals surface area (Å²) in [4.78, 5) is 0. The first kappa shape index (κ1) is 14.4. The van der Waals surface area contributed by atoms with Crippen LogP contribution in [0.1, 0.15) is 51.0 Å². The molecule has 2 rings (SSSR count). The Labute approximate surface area is 117 Å². The molecule has 2 nitrogen and oxygen atoms in total. The van der Waals surface area contributed by atoms with E-state index in [1.807, 2.05) is 6.92 Å². The average molecular weight is 262 g/mol. The van der Waals surface area contributed by atoms with Gasteiger partial charge < -0.3 is 9.47 Å². The fourth-order valence-electron chi connectivity index (χ4n) is 2.79. The van der Waals surface area contributed by atoms with E-state index >= 15 is 0 Å². The van der Waals surface area contributed by atoms with Gasteiger partial charge >= 0.3 is 0 Å². The van der Waals surface area contributed by atoms with Crippen molar-refractivity contribution >= 4 is 0 Å². The highest BCUT2D eigenvalue weighted by Gasteiger charge is 2.19. The second-order valence-electron chi connectivity index (χ2n) is 5.57. The van der Waals surface area contributed by atoms with Gasteiger partial charge in [0.15, 0.2) is 0 Å². The van der Waals surface area contributed by atoms with E-state index in [0.29, 0.717) is 13.2 Å². The van der Waals surface area contributed by atoms with Crippen LogP contribution in [0.2, 0.25) is 0 Å². The monoisotopic (exact) mass is 262 g/mol. The predicted octanol–water partition coefficient (Wildman–Crippen LogP) is 4.40. The van der Waals surface area contributed by atoms with Crippen LogP contribution in [0, 0.1) is 5.92 Å². The Bertz CT molecular complexity index is 350. The molecule has 0 heterocycles. The third-order valence-electron chi connectivity index (χ3n) is 4.07. The van der Waals surface area contributed by atoms with Crippen LogP contribution in [0.5, 0.6) is 5.75 Å². The van der Waals surface area contributed by atoms with E-state index in [-0.39, 0.29) is 0 Å². The molecule has 0 N–H and O–H groups in total. The molecule has 1 fully saturated rings. The summed E-state index contributed by atoms with van der Waals surface area (Å²) in [6.45, 7) is 6.42. The molecule has 0 aromatic heterocycles. The van der Waals surface area contributed by atoms with Gasteiger partial charge in [0.2, 0.25) is 0 Å². The Hall–Kier alpha value is -1.02. The number of benzene rings is 1. The molecule has 0 aliphatic heterocycles. The molecule has 1 aromatic carbocycles. The molecule has 2 heteroatoms. The number of rotatable bonds is 6. The minimum Gasteiger partial charge on any atom is -0.491 e. The third-order valence-corrected chi connectivity index (χ3v) is 4.07. The summed E-state index contributed by atoms with van der Waals surface area (Å²) in [6, 6.07) is 8.66. The van der Waals surface area contributed by atoms with Crippen LogP contribution in [0.25, 0.3) is 0 Å². The van der Waals surface area contributed by atoms with E-state index in [1.54, 1.807) is 0 Å². The lowest BCUT2D eigenvalue weighted by atomic mass is 9.79. The maximum Gasteiger partial charge on any atom is 0.119 e. The van der Waals surface area contributed by atoms with Crippen molar-refractivity contribution < 1.29 is 9.47 Å². The Balaban J connectivity index is 1.81. The number of hydrogen-bond donors (Lipinski definition) is 0. The van der Waals surface area contributed by atoms with Crippen molar-refractivity contribution in [1.82, 2.24) is 0 Å². The Kier molecular flexibility index (Phi) is 5.71. The summed E-state index contributed by atoms with van der Waals surface area (Å²) in [5.41, 5.74) is 1.48. The lowest BCUT2D eigenvalue weighted by Crippen LogP contribution is -2.11. The molecule has 0 unspecified atom stereocenters. The quantitative estimate of drug-likeness (QED) is 0.708. The van der Waals surface area contributed by atoms with Gasteiger partial charge in [0.25, 0.3) is 0 Å². The van der Waals surface area contributed by atoms with Crippen molar-refractivity contribution in [3.05, 3.63) is 29.8 Å². The summed E-state index contributed by atoms with van der Waals surface area (Å²) in [7, 11) is 0. The van der Waals surface area contributed by atoms with E-state index in [2.05, 4.69) is 31.2 Å². The largest absolute Gasteiger partial charge is 0.491 e. The highest BCUT2D eigenvalue weighted by molar-refractivity contribution is 5.29. The molecule has 1 aromatic rings. The fourth-order valence-corrected chi connectivity index (χ4v) is 2.79. The van der Waals surface area contributed by atoms with Gasteiger partial charge in [-0.05, 0) is 49.3 Å². The van der Waals surface area contributed by atoms with Crippen LogP contribution >= 0.6 is 0 Å². The first-order valence-electron chi connectivity index (χ1n) is 7.60.